The molecule has 2 heterocycles. The van der Waals surface area contributed by atoms with Gasteiger partial charge in [0, 0.05) is 6.42 Å². The number of hydrogen-bond acceptors (Lipinski definition) is 4. The third-order valence-electron chi connectivity index (χ3n) is 3.90. The molecular weight excluding hydrogens is 224 g/mol. The summed E-state index contributed by atoms with van der Waals surface area (Å²) in [5.74, 6) is -0.833. The highest BCUT2D eigenvalue weighted by Gasteiger charge is 2.55. The molecule has 0 saturated carbocycles. The van der Waals surface area contributed by atoms with Gasteiger partial charge < -0.3 is 19.7 Å². The molecule has 1 aliphatic carbocycles. The molecule has 0 radical (unpaired) electrons. The van der Waals surface area contributed by atoms with Crippen LogP contribution in [0.3, 0.4) is 0 Å². The van der Waals surface area contributed by atoms with Gasteiger partial charge in [-0.1, -0.05) is 12.2 Å². The first-order valence-electron chi connectivity index (χ1n) is 6.01. The number of carboxylic acids is 1. The Balaban J connectivity index is 1.79. The number of ether oxygens (including phenoxy) is 2. The van der Waals surface area contributed by atoms with Crippen molar-refractivity contribution in [1.82, 2.24) is 0 Å². The summed E-state index contributed by atoms with van der Waals surface area (Å²) in [7, 11) is 0. The second kappa shape index (κ2) is 3.80. The maximum absolute atomic E-state index is 10.7. The number of carboxylic acid groups (broad SMARTS) is 1. The van der Waals surface area contributed by atoms with Crippen molar-refractivity contribution in [2.45, 2.75) is 55.7 Å². The minimum atomic E-state index is -0.833. The van der Waals surface area contributed by atoms with Crippen LogP contribution in [0.1, 0.15) is 25.7 Å². The van der Waals surface area contributed by atoms with Crippen LogP contribution in [0, 0.1) is 0 Å². The summed E-state index contributed by atoms with van der Waals surface area (Å²) in [6, 6.07) is 0. The van der Waals surface area contributed by atoms with E-state index in [0.29, 0.717) is 12.8 Å². The highest BCUT2D eigenvalue weighted by atomic mass is 16.6. The summed E-state index contributed by atoms with van der Waals surface area (Å²) in [5.41, 5.74) is -0.498. The van der Waals surface area contributed by atoms with Crippen LogP contribution in [0.15, 0.2) is 12.2 Å². The fraction of sp³-hybridized carbons (Fsp3) is 0.750. The molecule has 3 rings (SSSR count). The van der Waals surface area contributed by atoms with Crippen LogP contribution in [0.25, 0.3) is 0 Å². The molecule has 1 spiro atoms. The molecule has 2 fully saturated rings. The van der Waals surface area contributed by atoms with Crippen molar-refractivity contribution >= 4 is 5.97 Å². The first-order valence-corrected chi connectivity index (χ1v) is 6.01. The van der Waals surface area contributed by atoms with Crippen LogP contribution in [-0.2, 0) is 14.3 Å². The second-order valence-electron chi connectivity index (χ2n) is 5.09. The molecule has 2 aliphatic heterocycles. The first kappa shape index (κ1) is 11.2. The third kappa shape index (κ3) is 1.78. The van der Waals surface area contributed by atoms with Crippen molar-refractivity contribution in [3.63, 3.8) is 0 Å². The lowest BCUT2D eigenvalue weighted by Crippen LogP contribution is -2.48. The lowest BCUT2D eigenvalue weighted by Gasteiger charge is -2.40. The van der Waals surface area contributed by atoms with Gasteiger partial charge in [-0.05, 0) is 12.8 Å². The van der Waals surface area contributed by atoms with Crippen molar-refractivity contribution < 1.29 is 24.5 Å². The quantitative estimate of drug-likeness (QED) is 0.686. The van der Waals surface area contributed by atoms with Gasteiger partial charge in [0.1, 0.15) is 5.60 Å². The van der Waals surface area contributed by atoms with Crippen LogP contribution in [0.4, 0.5) is 0 Å². The molecular formula is C12H16O5. The lowest BCUT2D eigenvalue weighted by molar-refractivity contribution is -0.158. The number of carbonyl (C=O) groups is 1. The fourth-order valence-corrected chi connectivity index (χ4v) is 3.10. The third-order valence-corrected chi connectivity index (χ3v) is 3.90. The van der Waals surface area contributed by atoms with Crippen LogP contribution < -0.4 is 0 Å². The average molecular weight is 240 g/mol. The highest BCUT2D eigenvalue weighted by molar-refractivity contribution is 5.67. The van der Waals surface area contributed by atoms with E-state index in [1.165, 1.54) is 0 Å². The minimum Gasteiger partial charge on any atom is -0.481 e. The van der Waals surface area contributed by atoms with E-state index < -0.39 is 17.7 Å². The Bertz CT molecular complexity index is 366. The lowest BCUT2D eigenvalue weighted by atomic mass is 9.82. The van der Waals surface area contributed by atoms with Crippen molar-refractivity contribution in [1.29, 1.82) is 0 Å². The topological polar surface area (TPSA) is 76.0 Å². The van der Waals surface area contributed by atoms with Gasteiger partial charge in [-0.2, -0.15) is 0 Å². The monoisotopic (exact) mass is 240 g/mol. The van der Waals surface area contributed by atoms with Crippen LogP contribution in [-0.4, -0.2) is 46.2 Å². The molecule has 94 valence electrons. The fourth-order valence-electron chi connectivity index (χ4n) is 3.10. The van der Waals surface area contributed by atoms with E-state index in [1.54, 1.807) is 6.08 Å². The van der Waals surface area contributed by atoms with Gasteiger partial charge in [-0.3, -0.25) is 4.79 Å². The molecule has 2 saturated heterocycles. The number of aliphatic hydroxyl groups is 1. The van der Waals surface area contributed by atoms with Crippen molar-refractivity contribution in [3.8, 4) is 0 Å². The van der Waals surface area contributed by atoms with Gasteiger partial charge in [0.05, 0.1) is 30.8 Å². The summed E-state index contributed by atoms with van der Waals surface area (Å²) >= 11 is 0. The molecule has 2 bridgehead atoms. The van der Waals surface area contributed by atoms with Crippen LogP contribution in [0.2, 0.25) is 0 Å². The summed E-state index contributed by atoms with van der Waals surface area (Å²) in [6.45, 7) is 0. The van der Waals surface area contributed by atoms with Gasteiger partial charge >= 0.3 is 5.97 Å². The molecule has 2 N–H and O–H groups in total. The Morgan fingerprint density at radius 2 is 2.29 bits per heavy atom. The molecule has 2 unspecified atom stereocenters. The van der Waals surface area contributed by atoms with E-state index in [1.807, 2.05) is 6.08 Å². The summed E-state index contributed by atoms with van der Waals surface area (Å²) in [4.78, 5) is 10.7. The Kier molecular flexibility index (Phi) is 2.50. The Labute approximate surface area is 99.0 Å². The summed E-state index contributed by atoms with van der Waals surface area (Å²) in [6.07, 6.45) is 4.69. The highest BCUT2D eigenvalue weighted by Crippen LogP contribution is 2.46. The second-order valence-corrected chi connectivity index (χ2v) is 5.09. The van der Waals surface area contributed by atoms with E-state index in [-0.39, 0.29) is 24.7 Å². The Morgan fingerprint density at radius 1 is 1.47 bits per heavy atom. The van der Waals surface area contributed by atoms with Gasteiger partial charge in [0.25, 0.3) is 0 Å². The minimum absolute atomic E-state index is 0.0362. The molecule has 17 heavy (non-hydrogen) atoms. The number of aliphatic carboxylic acids is 1. The standard InChI is InChI=1S/C12H16O5/c13-8-3-4-12-6-9(8)16-10(12)2-1-7(17-12)5-11(14)15/h3-4,7-10,13H,1-2,5-6H2,(H,14,15)/t7?,8-,9?,10+,12+/m1/s1. The molecule has 0 aromatic carbocycles. The van der Waals surface area contributed by atoms with E-state index in [9.17, 15) is 9.90 Å². The summed E-state index contributed by atoms with van der Waals surface area (Å²) < 4.78 is 11.7. The molecule has 0 aromatic rings. The number of rotatable bonds is 2. The normalized spacial score (nSPS) is 47.8. The predicted molar refractivity (Wildman–Crippen MR) is 57.5 cm³/mol. The van der Waals surface area contributed by atoms with Gasteiger partial charge in [0.2, 0.25) is 0 Å². The van der Waals surface area contributed by atoms with Gasteiger partial charge in [0.15, 0.2) is 0 Å². The van der Waals surface area contributed by atoms with Crippen molar-refractivity contribution in [3.05, 3.63) is 12.2 Å². The number of aliphatic hydroxyl groups excluding tert-OH is 1. The number of fused-ring (bicyclic) bond motifs is 1. The molecule has 0 amide bonds. The number of hydrogen-bond donors (Lipinski definition) is 2. The largest absolute Gasteiger partial charge is 0.481 e. The predicted octanol–water partition coefficient (Wildman–Crippen LogP) is 0.467. The maximum Gasteiger partial charge on any atom is 0.305 e. The van der Waals surface area contributed by atoms with E-state index >= 15 is 0 Å². The van der Waals surface area contributed by atoms with Gasteiger partial charge in [-0.25, -0.2) is 0 Å². The molecule has 5 atom stereocenters. The zero-order valence-corrected chi connectivity index (χ0v) is 9.41. The van der Waals surface area contributed by atoms with Gasteiger partial charge in [-0.15, -0.1) is 0 Å². The van der Waals surface area contributed by atoms with Crippen LogP contribution in [0.5, 0.6) is 0 Å². The average Bonchev–Trinajstić information content (AvgIpc) is 2.58. The molecule has 0 aromatic heterocycles. The van der Waals surface area contributed by atoms with E-state index in [4.69, 9.17) is 14.6 Å². The molecule has 3 aliphatic rings. The Morgan fingerprint density at radius 3 is 3.06 bits per heavy atom. The Hall–Kier alpha value is -0.910. The van der Waals surface area contributed by atoms with Crippen molar-refractivity contribution in [2.75, 3.05) is 0 Å². The smallest absolute Gasteiger partial charge is 0.305 e. The van der Waals surface area contributed by atoms with E-state index in [0.717, 1.165) is 6.42 Å². The first-order chi connectivity index (χ1) is 8.09. The zero-order valence-electron chi connectivity index (χ0n) is 9.41. The zero-order chi connectivity index (χ0) is 12.0. The summed E-state index contributed by atoms with van der Waals surface area (Å²) in [5, 5.41) is 18.5. The SMILES string of the molecule is O=C(O)CC1CC[C@@H]2OC3C[C@]2(C=C[C@H]3O)O1. The molecule has 5 nitrogen and oxygen atoms in total. The van der Waals surface area contributed by atoms with Crippen LogP contribution >= 0.6 is 0 Å². The van der Waals surface area contributed by atoms with E-state index in [2.05, 4.69) is 0 Å². The molecule has 5 heteroatoms. The maximum atomic E-state index is 10.7. The van der Waals surface area contributed by atoms with Crippen molar-refractivity contribution in [2.24, 2.45) is 0 Å².